The minimum absolute atomic E-state index is 0.480. The number of nitrogens with zero attached hydrogens (tertiary/aromatic N) is 2. The van der Waals surface area contributed by atoms with Gasteiger partial charge in [0.25, 0.3) is 0 Å². The van der Waals surface area contributed by atoms with Crippen LogP contribution in [0.15, 0.2) is 30.5 Å². The molecular weight excluding hydrogens is 296 g/mol. The fourth-order valence-corrected chi connectivity index (χ4v) is 1.98. The summed E-state index contributed by atoms with van der Waals surface area (Å²) >= 11 is 0. The summed E-state index contributed by atoms with van der Waals surface area (Å²) in [6, 6.07) is 7.31. The monoisotopic (exact) mass is 318 g/mol. The lowest BCUT2D eigenvalue weighted by atomic mass is 10.2. The summed E-state index contributed by atoms with van der Waals surface area (Å²) in [5.41, 5.74) is 0.739. The second-order valence-corrected chi connectivity index (χ2v) is 4.73. The lowest BCUT2D eigenvalue weighted by Gasteiger charge is -2.12. The number of ether oxygens (including phenoxy) is 3. The van der Waals surface area contributed by atoms with Crippen LogP contribution in [-0.4, -0.2) is 44.4 Å². The van der Waals surface area contributed by atoms with Gasteiger partial charge in [0.1, 0.15) is 17.3 Å². The maximum atomic E-state index is 5.34. The van der Waals surface area contributed by atoms with E-state index >= 15 is 0 Å². The van der Waals surface area contributed by atoms with Crippen LogP contribution in [0, 0.1) is 0 Å². The van der Waals surface area contributed by atoms with Crippen LogP contribution in [0.2, 0.25) is 0 Å². The zero-order valence-corrected chi connectivity index (χ0v) is 13.6. The average Bonchev–Trinajstić information content (AvgIpc) is 2.59. The van der Waals surface area contributed by atoms with Gasteiger partial charge >= 0.3 is 0 Å². The van der Waals surface area contributed by atoms with Crippen LogP contribution in [0.25, 0.3) is 0 Å². The summed E-state index contributed by atoms with van der Waals surface area (Å²) in [5, 5.41) is 6.38. The molecule has 0 unspecified atom stereocenters. The van der Waals surface area contributed by atoms with Gasteiger partial charge in [-0.2, -0.15) is 4.98 Å². The minimum atomic E-state index is 0.480. The third-order valence-corrected chi connectivity index (χ3v) is 3.14. The second kappa shape index (κ2) is 8.79. The van der Waals surface area contributed by atoms with Gasteiger partial charge in [0.05, 0.1) is 19.9 Å². The van der Waals surface area contributed by atoms with Crippen molar-refractivity contribution in [2.24, 2.45) is 0 Å². The van der Waals surface area contributed by atoms with Gasteiger partial charge in [-0.05, 0) is 24.6 Å². The van der Waals surface area contributed by atoms with Crippen LogP contribution in [0.1, 0.15) is 6.42 Å². The highest BCUT2D eigenvalue weighted by molar-refractivity contribution is 5.65. The molecule has 0 aliphatic heterocycles. The Bertz CT molecular complexity index is 622. The molecule has 1 aromatic carbocycles. The second-order valence-electron chi connectivity index (χ2n) is 4.73. The van der Waals surface area contributed by atoms with Gasteiger partial charge < -0.3 is 24.8 Å². The van der Waals surface area contributed by atoms with E-state index in [2.05, 4.69) is 20.6 Å². The molecule has 7 heteroatoms. The highest BCUT2D eigenvalue weighted by Crippen LogP contribution is 2.30. The Morgan fingerprint density at radius 1 is 1.09 bits per heavy atom. The molecule has 2 aromatic rings. The van der Waals surface area contributed by atoms with Crippen LogP contribution in [0.4, 0.5) is 17.5 Å². The Balaban J connectivity index is 2.08. The first-order valence-corrected chi connectivity index (χ1v) is 7.31. The molecule has 1 heterocycles. The van der Waals surface area contributed by atoms with Crippen LogP contribution in [-0.2, 0) is 4.74 Å². The molecule has 0 amide bonds. The first-order valence-electron chi connectivity index (χ1n) is 7.31. The lowest BCUT2D eigenvalue weighted by molar-refractivity contribution is 0.198. The van der Waals surface area contributed by atoms with Crippen LogP contribution >= 0.6 is 0 Å². The predicted molar refractivity (Wildman–Crippen MR) is 89.8 cm³/mol. The van der Waals surface area contributed by atoms with Crippen LogP contribution < -0.4 is 20.1 Å². The topological polar surface area (TPSA) is 77.5 Å². The Hall–Kier alpha value is -2.54. The summed E-state index contributed by atoms with van der Waals surface area (Å²) < 4.78 is 15.6. The maximum absolute atomic E-state index is 5.34. The van der Waals surface area contributed by atoms with Crippen LogP contribution in [0.3, 0.4) is 0 Å². The molecular formula is C16H22N4O3. The quantitative estimate of drug-likeness (QED) is 0.688. The zero-order chi connectivity index (χ0) is 16.5. The highest BCUT2D eigenvalue weighted by Gasteiger charge is 2.07. The normalized spacial score (nSPS) is 10.2. The summed E-state index contributed by atoms with van der Waals surface area (Å²) in [4.78, 5) is 8.65. The molecule has 0 spiro atoms. The molecule has 0 saturated carbocycles. The fourth-order valence-electron chi connectivity index (χ4n) is 1.98. The van der Waals surface area contributed by atoms with Gasteiger partial charge in [0.15, 0.2) is 0 Å². The van der Waals surface area contributed by atoms with E-state index in [1.165, 1.54) is 0 Å². The summed E-state index contributed by atoms with van der Waals surface area (Å²) in [6.45, 7) is 1.50. The zero-order valence-electron chi connectivity index (χ0n) is 13.6. The van der Waals surface area contributed by atoms with Crippen molar-refractivity contribution in [3.05, 3.63) is 30.5 Å². The van der Waals surface area contributed by atoms with Gasteiger partial charge in [-0.1, -0.05) is 0 Å². The van der Waals surface area contributed by atoms with E-state index in [0.717, 1.165) is 30.2 Å². The Morgan fingerprint density at radius 2 is 1.96 bits per heavy atom. The van der Waals surface area contributed by atoms with Gasteiger partial charge in [-0.15, -0.1) is 0 Å². The van der Waals surface area contributed by atoms with Gasteiger partial charge in [0.2, 0.25) is 5.95 Å². The molecule has 1 aromatic heterocycles. The molecule has 7 nitrogen and oxygen atoms in total. The summed E-state index contributed by atoms with van der Waals surface area (Å²) in [7, 11) is 4.92. The summed E-state index contributed by atoms with van der Waals surface area (Å²) in [5.74, 6) is 2.64. The highest BCUT2D eigenvalue weighted by atomic mass is 16.5. The third-order valence-electron chi connectivity index (χ3n) is 3.14. The van der Waals surface area contributed by atoms with Crippen molar-refractivity contribution in [2.45, 2.75) is 6.42 Å². The number of hydrogen-bond donors (Lipinski definition) is 2. The minimum Gasteiger partial charge on any atom is -0.497 e. The molecule has 0 saturated heterocycles. The predicted octanol–water partition coefficient (Wildman–Crippen LogP) is 2.69. The number of rotatable bonds is 9. The maximum Gasteiger partial charge on any atom is 0.229 e. The number of aromatic nitrogens is 2. The Kier molecular flexibility index (Phi) is 6.43. The molecule has 0 aliphatic rings. The van der Waals surface area contributed by atoms with Crippen LogP contribution in [0.5, 0.6) is 11.5 Å². The average molecular weight is 318 g/mol. The molecule has 2 N–H and O–H groups in total. The smallest absolute Gasteiger partial charge is 0.229 e. The van der Waals surface area contributed by atoms with Crippen molar-refractivity contribution in [3.8, 4) is 11.5 Å². The molecule has 0 fully saturated rings. The molecule has 124 valence electrons. The first kappa shape index (κ1) is 16.8. The van der Waals surface area contributed by atoms with Gasteiger partial charge in [-0.25, -0.2) is 4.98 Å². The van der Waals surface area contributed by atoms with Crippen molar-refractivity contribution in [1.82, 2.24) is 9.97 Å². The Morgan fingerprint density at radius 3 is 2.70 bits per heavy atom. The molecule has 0 bridgehead atoms. The lowest BCUT2D eigenvalue weighted by Crippen LogP contribution is -2.07. The van der Waals surface area contributed by atoms with E-state index in [9.17, 15) is 0 Å². The van der Waals surface area contributed by atoms with E-state index in [0.29, 0.717) is 18.3 Å². The number of anilines is 3. The third kappa shape index (κ3) is 5.00. The molecule has 0 aliphatic carbocycles. The van der Waals surface area contributed by atoms with Crippen molar-refractivity contribution in [1.29, 1.82) is 0 Å². The number of nitrogens with one attached hydrogen (secondary N) is 2. The number of methoxy groups -OCH3 is 3. The standard InChI is InChI=1S/C16H22N4O3/c1-21-10-4-8-17-15-7-9-18-16(20-15)19-13-11-12(22-2)5-6-14(13)23-3/h5-7,9,11H,4,8,10H2,1-3H3,(H2,17,18,19,20). The van der Waals surface area contributed by atoms with Gasteiger partial charge in [0, 0.05) is 32.5 Å². The number of benzene rings is 1. The van der Waals surface area contributed by atoms with Gasteiger partial charge in [-0.3, -0.25) is 0 Å². The van der Waals surface area contributed by atoms with Crippen molar-refractivity contribution in [3.63, 3.8) is 0 Å². The molecule has 2 rings (SSSR count). The van der Waals surface area contributed by atoms with Crippen molar-refractivity contribution < 1.29 is 14.2 Å². The SMILES string of the molecule is COCCCNc1ccnc(Nc2cc(OC)ccc2OC)n1. The van der Waals surface area contributed by atoms with Crippen molar-refractivity contribution >= 4 is 17.5 Å². The van der Waals surface area contributed by atoms with E-state index in [1.807, 2.05) is 24.3 Å². The largest absolute Gasteiger partial charge is 0.497 e. The van der Waals surface area contributed by atoms with E-state index < -0.39 is 0 Å². The number of hydrogen-bond acceptors (Lipinski definition) is 7. The van der Waals surface area contributed by atoms with E-state index in [4.69, 9.17) is 14.2 Å². The van der Waals surface area contributed by atoms with E-state index in [1.54, 1.807) is 27.5 Å². The molecule has 23 heavy (non-hydrogen) atoms. The first-order chi connectivity index (χ1) is 11.3. The molecule has 0 atom stereocenters. The Labute approximate surface area is 136 Å². The van der Waals surface area contributed by atoms with E-state index in [-0.39, 0.29) is 0 Å². The summed E-state index contributed by atoms with van der Waals surface area (Å²) in [6.07, 6.45) is 2.60. The molecule has 0 radical (unpaired) electrons. The fraction of sp³-hybridized carbons (Fsp3) is 0.375. The van der Waals surface area contributed by atoms with Crippen molar-refractivity contribution in [2.75, 3.05) is 45.1 Å².